The van der Waals surface area contributed by atoms with Gasteiger partial charge in [-0.05, 0) is 23.3 Å². The van der Waals surface area contributed by atoms with Gasteiger partial charge in [0.15, 0.2) is 0 Å². The third-order valence-corrected chi connectivity index (χ3v) is 3.74. The maximum absolute atomic E-state index is 3.73. The van der Waals surface area contributed by atoms with E-state index < -0.39 is 0 Å². The summed E-state index contributed by atoms with van der Waals surface area (Å²) < 4.78 is 0. The van der Waals surface area contributed by atoms with Crippen LogP contribution in [0, 0.1) is 0 Å². The molecule has 1 rings (SSSR count). The number of halogens is 1. The average Bonchev–Trinajstić information content (AvgIpc) is 2.05. The van der Waals surface area contributed by atoms with E-state index in [0.29, 0.717) is 0 Å². The summed E-state index contributed by atoms with van der Waals surface area (Å²) in [5.41, 5.74) is 1.36. The molecule has 0 spiro atoms. The highest BCUT2D eigenvalue weighted by Crippen LogP contribution is 2.31. The Morgan fingerprint density at radius 2 is 2.30 bits per heavy atom. The van der Waals surface area contributed by atoms with Crippen molar-refractivity contribution in [3.8, 4) is 0 Å². The SMILES string of the molecule is C=CC1=CC=C(SI)CC1. The molecule has 0 bridgehead atoms. The molecule has 0 unspecified atom stereocenters. The van der Waals surface area contributed by atoms with Gasteiger partial charge in [-0.25, -0.2) is 0 Å². The van der Waals surface area contributed by atoms with Crippen molar-refractivity contribution in [1.82, 2.24) is 0 Å². The zero-order chi connectivity index (χ0) is 7.40. The first-order valence-corrected chi connectivity index (χ1v) is 6.53. The Bertz CT molecular complexity index is 191. The van der Waals surface area contributed by atoms with Crippen molar-refractivity contribution in [3.05, 3.63) is 35.3 Å². The van der Waals surface area contributed by atoms with E-state index in [-0.39, 0.29) is 0 Å². The number of rotatable bonds is 2. The molecule has 0 aromatic carbocycles. The number of hydrogen-bond donors (Lipinski definition) is 0. The van der Waals surface area contributed by atoms with Crippen molar-refractivity contribution in [2.24, 2.45) is 0 Å². The third kappa shape index (κ3) is 2.16. The summed E-state index contributed by atoms with van der Waals surface area (Å²) in [4.78, 5) is 1.46. The molecule has 1 aliphatic rings. The second-order valence-corrected chi connectivity index (χ2v) is 4.16. The third-order valence-electron chi connectivity index (χ3n) is 1.50. The summed E-state index contributed by atoms with van der Waals surface area (Å²) in [6, 6.07) is 0. The molecular weight excluding hydrogens is 255 g/mol. The lowest BCUT2D eigenvalue weighted by molar-refractivity contribution is 0.979. The fourth-order valence-electron chi connectivity index (χ4n) is 0.869. The quantitative estimate of drug-likeness (QED) is 0.682. The molecule has 0 heterocycles. The molecule has 0 aromatic heterocycles. The minimum Gasteiger partial charge on any atom is -0.0988 e. The van der Waals surface area contributed by atoms with Crippen LogP contribution in [0.4, 0.5) is 0 Å². The highest BCUT2D eigenvalue weighted by molar-refractivity contribution is 14.2. The molecule has 0 fully saturated rings. The molecule has 0 atom stereocenters. The van der Waals surface area contributed by atoms with Gasteiger partial charge in [0, 0.05) is 21.2 Å². The van der Waals surface area contributed by atoms with Gasteiger partial charge in [0.05, 0.1) is 0 Å². The summed E-state index contributed by atoms with van der Waals surface area (Å²) in [6.45, 7) is 3.73. The van der Waals surface area contributed by atoms with Gasteiger partial charge in [0.1, 0.15) is 0 Å². The van der Waals surface area contributed by atoms with Crippen LogP contribution in [0.3, 0.4) is 0 Å². The number of hydrogen-bond acceptors (Lipinski definition) is 1. The fraction of sp³-hybridized carbons (Fsp3) is 0.250. The summed E-state index contributed by atoms with van der Waals surface area (Å²) in [5, 5.41) is 0. The maximum Gasteiger partial charge on any atom is 0.00106 e. The Morgan fingerprint density at radius 1 is 1.50 bits per heavy atom. The lowest BCUT2D eigenvalue weighted by Gasteiger charge is -2.07. The molecular formula is C8H9IS. The highest BCUT2D eigenvalue weighted by Gasteiger charge is 2.02. The molecule has 0 saturated heterocycles. The maximum atomic E-state index is 3.73. The van der Waals surface area contributed by atoms with Gasteiger partial charge in [-0.2, -0.15) is 0 Å². The predicted molar refractivity (Wildman–Crippen MR) is 57.2 cm³/mol. The molecule has 0 radical (unpaired) electrons. The average molecular weight is 264 g/mol. The predicted octanol–water partition coefficient (Wildman–Crippen LogP) is 3.86. The van der Waals surface area contributed by atoms with E-state index in [2.05, 4.69) is 39.9 Å². The van der Waals surface area contributed by atoms with Crippen molar-refractivity contribution in [3.63, 3.8) is 0 Å². The zero-order valence-electron chi connectivity index (χ0n) is 5.64. The van der Waals surface area contributed by atoms with Crippen LogP contribution in [0.25, 0.3) is 0 Å². The van der Waals surface area contributed by atoms with Crippen LogP contribution >= 0.6 is 30.1 Å². The summed E-state index contributed by atoms with van der Waals surface area (Å²) in [6.07, 6.45) is 8.61. The molecule has 54 valence electrons. The Balaban J connectivity index is 2.64. The van der Waals surface area contributed by atoms with E-state index in [1.54, 1.807) is 0 Å². The monoisotopic (exact) mass is 264 g/mol. The van der Waals surface area contributed by atoms with Crippen LogP contribution in [-0.4, -0.2) is 0 Å². The lowest BCUT2D eigenvalue weighted by Crippen LogP contribution is -1.86. The molecule has 0 aliphatic heterocycles. The van der Waals surface area contributed by atoms with Gasteiger partial charge in [-0.15, -0.1) is 0 Å². The smallest absolute Gasteiger partial charge is 0.00106 e. The van der Waals surface area contributed by atoms with Crippen LogP contribution < -0.4 is 0 Å². The molecule has 0 N–H and O–H groups in total. The molecule has 0 amide bonds. The van der Waals surface area contributed by atoms with E-state index in [0.717, 1.165) is 6.42 Å². The van der Waals surface area contributed by atoms with Gasteiger partial charge in [-0.1, -0.05) is 33.7 Å². The van der Waals surface area contributed by atoms with E-state index in [4.69, 9.17) is 0 Å². The fourth-order valence-corrected chi connectivity index (χ4v) is 2.27. The van der Waals surface area contributed by atoms with Crippen molar-refractivity contribution < 1.29 is 0 Å². The van der Waals surface area contributed by atoms with E-state index in [9.17, 15) is 0 Å². The molecule has 0 nitrogen and oxygen atoms in total. The largest absolute Gasteiger partial charge is 0.0988 e. The standard InChI is InChI=1S/C8H9IS/c1-2-7-3-5-8(10-9)6-4-7/h2-3,5H,1,4,6H2. The van der Waals surface area contributed by atoms with Crippen molar-refractivity contribution in [1.29, 1.82) is 0 Å². The van der Waals surface area contributed by atoms with Crippen LogP contribution in [-0.2, 0) is 0 Å². The van der Waals surface area contributed by atoms with Crippen LogP contribution in [0.5, 0.6) is 0 Å². The highest BCUT2D eigenvalue weighted by atomic mass is 127. The Kier molecular flexibility index (Phi) is 3.56. The molecule has 0 aromatic rings. The molecule has 1 aliphatic carbocycles. The zero-order valence-corrected chi connectivity index (χ0v) is 8.61. The van der Waals surface area contributed by atoms with Gasteiger partial charge in [0.2, 0.25) is 0 Å². The lowest BCUT2D eigenvalue weighted by atomic mass is 10.1. The van der Waals surface area contributed by atoms with E-state index in [1.807, 2.05) is 15.0 Å². The van der Waals surface area contributed by atoms with Crippen molar-refractivity contribution >= 4 is 30.1 Å². The Hall–Kier alpha value is 0.300. The Morgan fingerprint density at radius 3 is 2.70 bits per heavy atom. The molecule has 2 heteroatoms. The van der Waals surface area contributed by atoms with Crippen LogP contribution in [0.15, 0.2) is 35.3 Å². The normalized spacial score (nSPS) is 17.7. The van der Waals surface area contributed by atoms with E-state index in [1.165, 1.54) is 16.9 Å². The minimum atomic E-state index is 1.16. The van der Waals surface area contributed by atoms with Crippen molar-refractivity contribution in [2.45, 2.75) is 12.8 Å². The summed E-state index contributed by atoms with van der Waals surface area (Å²) in [5.74, 6) is 0. The molecule has 10 heavy (non-hydrogen) atoms. The van der Waals surface area contributed by atoms with Crippen LogP contribution in [0.2, 0.25) is 0 Å². The van der Waals surface area contributed by atoms with Gasteiger partial charge >= 0.3 is 0 Å². The second-order valence-electron chi connectivity index (χ2n) is 2.16. The first kappa shape index (κ1) is 8.40. The number of allylic oxidation sites excluding steroid dienone is 5. The van der Waals surface area contributed by atoms with Gasteiger partial charge < -0.3 is 0 Å². The van der Waals surface area contributed by atoms with Crippen molar-refractivity contribution in [2.75, 3.05) is 0 Å². The van der Waals surface area contributed by atoms with Gasteiger partial charge in [0.25, 0.3) is 0 Å². The first-order chi connectivity index (χ1) is 4.86. The summed E-state index contributed by atoms with van der Waals surface area (Å²) >= 11 is 2.32. The minimum absolute atomic E-state index is 1.16. The van der Waals surface area contributed by atoms with E-state index >= 15 is 0 Å². The first-order valence-electron chi connectivity index (χ1n) is 3.17. The van der Waals surface area contributed by atoms with Crippen LogP contribution in [0.1, 0.15) is 12.8 Å². The Labute approximate surface area is 78.1 Å². The molecule has 0 saturated carbocycles. The topological polar surface area (TPSA) is 0 Å². The summed E-state index contributed by atoms with van der Waals surface area (Å²) in [7, 11) is 1.81. The van der Waals surface area contributed by atoms with Gasteiger partial charge in [-0.3, -0.25) is 0 Å². The second kappa shape index (κ2) is 4.23.